The zero-order valence-corrected chi connectivity index (χ0v) is 14.1. The Morgan fingerprint density at radius 1 is 1.20 bits per heavy atom. The molecule has 5 rings (SSSR count). The summed E-state index contributed by atoms with van der Waals surface area (Å²) < 4.78 is 6.67. The monoisotopic (exact) mass is 330 g/mol. The van der Waals surface area contributed by atoms with Crippen LogP contribution in [-0.2, 0) is 0 Å². The average Bonchev–Trinajstić information content (AvgIpc) is 2.92. The van der Waals surface area contributed by atoms with Gasteiger partial charge in [0.1, 0.15) is 5.75 Å². The molecular weight excluding hydrogens is 312 g/mol. The van der Waals surface area contributed by atoms with Gasteiger partial charge in [-0.25, -0.2) is 0 Å². The van der Waals surface area contributed by atoms with Gasteiger partial charge in [0.2, 0.25) is 0 Å². The van der Waals surface area contributed by atoms with E-state index in [1.807, 2.05) is 26.1 Å². The van der Waals surface area contributed by atoms with Crippen LogP contribution in [0.15, 0.2) is 65.4 Å². The lowest BCUT2D eigenvalue weighted by atomic mass is 9.76. The van der Waals surface area contributed by atoms with E-state index < -0.39 is 5.60 Å². The fraction of sp³-hybridized carbons (Fsp3) is 0.190. The van der Waals surface area contributed by atoms with E-state index in [-0.39, 0.29) is 11.9 Å². The van der Waals surface area contributed by atoms with E-state index in [1.54, 1.807) is 0 Å². The summed E-state index contributed by atoms with van der Waals surface area (Å²) in [4.78, 5) is 12.2. The van der Waals surface area contributed by atoms with Crippen LogP contribution in [-0.4, -0.2) is 18.6 Å². The largest absolute Gasteiger partial charge is 0.473 e. The van der Waals surface area contributed by atoms with Crippen LogP contribution in [0, 0.1) is 0 Å². The van der Waals surface area contributed by atoms with Crippen LogP contribution >= 0.6 is 0 Å². The van der Waals surface area contributed by atoms with Crippen molar-refractivity contribution in [1.82, 2.24) is 10.6 Å². The Morgan fingerprint density at radius 2 is 2.08 bits per heavy atom. The molecule has 2 unspecified atom stereocenters. The van der Waals surface area contributed by atoms with Crippen molar-refractivity contribution in [2.45, 2.75) is 18.6 Å². The van der Waals surface area contributed by atoms with E-state index in [0.29, 0.717) is 5.56 Å². The molecule has 4 aliphatic rings. The Hall–Kier alpha value is -3.01. The van der Waals surface area contributed by atoms with Crippen molar-refractivity contribution < 1.29 is 9.53 Å². The Kier molecular flexibility index (Phi) is 2.73. The summed E-state index contributed by atoms with van der Waals surface area (Å²) >= 11 is 0. The highest BCUT2D eigenvalue weighted by atomic mass is 16.5. The minimum Gasteiger partial charge on any atom is -0.473 e. The lowest BCUT2D eigenvalue weighted by Crippen LogP contribution is -2.42. The van der Waals surface area contributed by atoms with Gasteiger partial charge in [-0.1, -0.05) is 30.4 Å². The van der Waals surface area contributed by atoms with Gasteiger partial charge in [-0.15, -0.1) is 0 Å². The highest BCUT2D eigenvalue weighted by Crippen LogP contribution is 2.49. The second kappa shape index (κ2) is 4.76. The van der Waals surface area contributed by atoms with Gasteiger partial charge in [-0.2, -0.15) is 0 Å². The number of carbonyl (C=O) groups excluding carboxylic acids is 1. The fourth-order valence-electron chi connectivity index (χ4n) is 4.07. The van der Waals surface area contributed by atoms with E-state index in [4.69, 9.17) is 4.74 Å². The van der Waals surface area contributed by atoms with Crippen molar-refractivity contribution in [3.8, 4) is 5.75 Å². The van der Waals surface area contributed by atoms with Crippen molar-refractivity contribution in [2.75, 3.05) is 7.05 Å². The fourth-order valence-corrected chi connectivity index (χ4v) is 4.07. The van der Waals surface area contributed by atoms with Crippen molar-refractivity contribution in [1.29, 1.82) is 0 Å². The second-order valence-electron chi connectivity index (χ2n) is 6.74. The topological polar surface area (TPSA) is 50.4 Å². The molecule has 0 fully saturated rings. The molecule has 1 aromatic carbocycles. The molecule has 124 valence electrons. The number of fused-ring (bicyclic) bond motifs is 3. The zero-order valence-electron chi connectivity index (χ0n) is 14.1. The number of likely N-dealkylation sites (N-methyl/N-ethyl adjacent to an activating group) is 1. The van der Waals surface area contributed by atoms with Gasteiger partial charge >= 0.3 is 0 Å². The van der Waals surface area contributed by atoms with Crippen LogP contribution in [0.2, 0.25) is 0 Å². The number of ether oxygens (including phenoxy) is 1. The van der Waals surface area contributed by atoms with Crippen LogP contribution in [0.5, 0.6) is 5.75 Å². The van der Waals surface area contributed by atoms with Crippen molar-refractivity contribution in [3.05, 3.63) is 82.1 Å². The summed E-state index contributed by atoms with van der Waals surface area (Å²) in [6, 6.07) is 3.81. The van der Waals surface area contributed by atoms with Crippen LogP contribution in [0.1, 0.15) is 34.5 Å². The van der Waals surface area contributed by atoms with Gasteiger partial charge in [0, 0.05) is 40.6 Å². The van der Waals surface area contributed by atoms with Gasteiger partial charge in [0.15, 0.2) is 5.60 Å². The molecule has 0 saturated carbocycles. The highest BCUT2D eigenvalue weighted by molar-refractivity contribution is 6.00. The summed E-state index contributed by atoms with van der Waals surface area (Å²) in [7, 11) is 1.91. The van der Waals surface area contributed by atoms with Gasteiger partial charge in [-0.05, 0) is 31.2 Å². The third-order valence-electron chi connectivity index (χ3n) is 5.33. The SMILES string of the molecule is CNC1=CC23Oc4c(ccc5c4C(C)NC5=O)C=C2C=CC=C3C=C1. The standard InChI is InChI=1S/C21H18N2O2/c1-12-18-17(20(24)23-12)9-6-13-10-15-5-3-4-14-7-8-16(22-2)11-21(14,15)25-19(13)18/h3-12,22H,1-2H3,(H,23,24). The van der Waals surface area contributed by atoms with Gasteiger partial charge in [-0.3, -0.25) is 4.79 Å². The van der Waals surface area contributed by atoms with E-state index in [1.165, 1.54) is 0 Å². The third kappa shape index (κ3) is 1.79. The molecule has 4 nitrogen and oxygen atoms in total. The summed E-state index contributed by atoms with van der Waals surface area (Å²) in [6.45, 7) is 2.00. The van der Waals surface area contributed by atoms with E-state index >= 15 is 0 Å². The van der Waals surface area contributed by atoms with E-state index in [2.05, 4.69) is 53.2 Å². The van der Waals surface area contributed by atoms with Crippen LogP contribution in [0.3, 0.4) is 0 Å². The Morgan fingerprint density at radius 3 is 2.92 bits per heavy atom. The Labute approximate surface area is 146 Å². The maximum absolute atomic E-state index is 12.2. The first kappa shape index (κ1) is 14.3. The van der Waals surface area contributed by atoms with Crippen molar-refractivity contribution >= 4 is 12.0 Å². The summed E-state index contributed by atoms with van der Waals surface area (Å²) in [5, 5.41) is 6.19. The number of carbonyl (C=O) groups is 1. The number of benzene rings is 1. The maximum atomic E-state index is 12.2. The number of hydrogen-bond acceptors (Lipinski definition) is 3. The molecule has 0 radical (unpaired) electrons. The molecule has 25 heavy (non-hydrogen) atoms. The van der Waals surface area contributed by atoms with Crippen LogP contribution < -0.4 is 15.4 Å². The van der Waals surface area contributed by atoms with E-state index in [0.717, 1.165) is 33.7 Å². The zero-order chi connectivity index (χ0) is 17.2. The first-order chi connectivity index (χ1) is 12.1. The first-order valence-corrected chi connectivity index (χ1v) is 8.49. The van der Waals surface area contributed by atoms with Gasteiger partial charge < -0.3 is 15.4 Å². The lowest BCUT2D eigenvalue weighted by molar-refractivity contribution is 0.0958. The molecule has 0 saturated heterocycles. The minimum absolute atomic E-state index is 0.0320. The van der Waals surface area contributed by atoms with Gasteiger partial charge in [0.25, 0.3) is 5.91 Å². The molecule has 2 N–H and O–H groups in total. The number of allylic oxidation sites excluding steroid dienone is 3. The van der Waals surface area contributed by atoms with E-state index in [9.17, 15) is 4.79 Å². The minimum atomic E-state index is -0.644. The lowest BCUT2D eigenvalue weighted by Gasteiger charge is -2.41. The summed E-state index contributed by atoms with van der Waals surface area (Å²) in [6.07, 6.45) is 14.6. The first-order valence-electron chi connectivity index (χ1n) is 8.49. The average molecular weight is 330 g/mol. The molecule has 1 aromatic rings. The Balaban J connectivity index is 1.76. The number of hydrogen-bond donors (Lipinski definition) is 2. The van der Waals surface area contributed by atoms with Crippen molar-refractivity contribution in [2.24, 2.45) is 0 Å². The molecule has 1 spiro atoms. The maximum Gasteiger partial charge on any atom is 0.252 e. The normalized spacial score (nSPS) is 27.7. The molecular formula is C21H18N2O2. The molecule has 4 heteroatoms. The molecule has 0 bridgehead atoms. The van der Waals surface area contributed by atoms with Crippen LogP contribution in [0.25, 0.3) is 6.08 Å². The smallest absolute Gasteiger partial charge is 0.252 e. The number of amides is 1. The van der Waals surface area contributed by atoms with Crippen molar-refractivity contribution in [3.63, 3.8) is 0 Å². The number of rotatable bonds is 1. The molecule has 2 atom stereocenters. The summed E-state index contributed by atoms with van der Waals surface area (Å²) in [5.74, 6) is 0.769. The molecule has 2 aliphatic heterocycles. The van der Waals surface area contributed by atoms with Gasteiger partial charge in [0.05, 0.1) is 6.04 Å². The molecule has 2 aliphatic carbocycles. The Bertz CT molecular complexity index is 978. The second-order valence-corrected chi connectivity index (χ2v) is 6.74. The predicted molar refractivity (Wildman–Crippen MR) is 97.2 cm³/mol. The van der Waals surface area contributed by atoms with Crippen LogP contribution in [0.4, 0.5) is 0 Å². The third-order valence-corrected chi connectivity index (χ3v) is 5.33. The quantitative estimate of drug-likeness (QED) is 0.831. The molecule has 2 heterocycles. The number of nitrogens with one attached hydrogen (secondary N) is 2. The predicted octanol–water partition coefficient (Wildman–Crippen LogP) is 3.17. The summed E-state index contributed by atoms with van der Waals surface area (Å²) in [5.41, 5.74) is 5.23. The molecule has 0 aromatic heterocycles. The molecule has 1 amide bonds. The highest BCUT2D eigenvalue weighted by Gasteiger charge is 2.44.